The summed E-state index contributed by atoms with van der Waals surface area (Å²) >= 11 is 0. The zero-order valence-electron chi connectivity index (χ0n) is 36.3. The van der Waals surface area contributed by atoms with Crippen molar-refractivity contribution in [1.29, 1.82) is 0 Å². The Balaban J connectivity index is 0.987. The van der Waals surface area contributed by atoms with Gasteiger partial charge >= 0.3 is 23.9 Å². The Bertz CT molecular complexity index is 1910. The number of unbranched alkanes of at least 4 members (excludes halogenated alkanes) is 10. The molecule has 14 nitrogen and oxygen atoms in total. The van der Waals surface area contributed by atoms with E-state index in [2.05, 4.69) is 23.1 Å². The molecule has 2 aromatic carbocycles. The van der Waals surface area contributed by atoms with Gasteiger partial charge in [0.15, 0.2) is 0 Å². The second-order valence-corrected chi connectivity index (χ2v) is 14.9. The first-order valence-corrected chi connectivity index (χ1v) is 21.9. The van der Waals surface area contributed by atoms with Crippen LogP contribution in [0.3, 0.4) is 0 Å². The van der Waals surface area contributed by atoms with Crippen LogP contribution in [0, 0.1) is 0 Å². The van der Waals surface area contributed by atoms with Gasteiger partial charge in [0.05, 0.1) is 74.5 Å². The minimum atomic E-state index is -1.27. The monoisotopic (exact) mass is 878 g/mol. The molecule has 2 aromatic heterocycles. The van der Waals surface area contributed by atoms with Gasteiger partial charge in [-0.1, -0.05) is 88.8 Å². The number of benzene rings is 2. The summed E-state index contributed by atoms with van der Waals surface area (Å²) in [5, 5.41) is 0. The molecule has 1 aliphatic heterocycles. The van der Waals surface area contributed by atoms with E-state index in [0.717, 1.165) is 88.2 Å². The van der Waals surface area contributed by atoms with Crippen molar-refractivity contribution < 1.29 is 57.1 Å². The number of nitrogens with zero attached hydrogens (tertiary/aromatic N) is 2. The lowest BCUT2D eigenvalue weighted by Crippen LogP contribution is -2.44. The molecule has 0 unspecified atom stereocenters. The zero-order chi connectivity index (χ0) is 45.2. The zero-order valence-corrected chi connectivity index (χ0v) is 36.3. The fraction of sp³-hybridized carbons (Fsp3) is 0.400. The predicted octanol–water partition coefficient (Wildman–Crippen LogP) is 9.42. The van der Waals surface area contributed by atoms with Crippen molar-refractivity contribution in [3.63, 3.8) is 0 Å². The number of carbonyl (C=O) groups is 4. The number of aromatic nitrogens is 2. The third kappa shape index (κ3) is 17.1. The van der Waals surface area contributed by atoms with Gasteiger partial charge in [-0.3, -0.25) is 9.97 Å². The summed E-state index contributed by atoms with van der Waals surface area (Å²) in [4.78, 5) is 57.4. The van der Waals surface area contributed by atoms with E-state index in [0.29, 0.717) is 49.3 Å². The molecule has 4 aromatic rings. The van der Waals surface area contributed by atoms with E-state index in [1.54, 1.807) is 60.9 Å². The Labute approximate surface area is 374 Å². The number of rotatable bonds is 28. The van der Waals surface area contributed by atoms with Crippen molar-refractivity contribution >= 4 is 23.9 Å². The van der Waals surface area contributed by atoms with Gasteiger partial charge in [0, 0.05) is 23.3 Å². The van der Waals surface area contributed by atoms with Crippen LogP contribution in [0.15, 0.2) is 111 Å². The van der Waals surface area contributed by atoms with Crippen molar-refractivity contribution in [3.8, 4) is 34.0 Å². The highest BCUT2D eigenvalue weighted by Gasteiger charge is 2.34. The molecular weight excluding hydrogens is 821 g/mol. The summed E-state index contributed by atoms with van der Waals surface area (Å²) < 4.78 is 44.1. The van der Waals surface area contributed by atoms with Gasteiger partial charge < -0.3 is 37.9 Å². The second kappa shape index (κ2) is 27.6. The number of carbonyl (C=O) groups excluding carboxylic acids is 4. The SMILES string of the molecule is C=CC(=O)OCCCCCCCCOc1ccc(-c2ccc(C(=O)O[C@@H]3OCCO[C@H]3OC(=O)c3ccc(-c4ccc(OCCCCCCCCOC(=O)C=C)cn4)cc3)cc2)nc1. The molecule has 0 amide bonds. The van der Waals surface area contributed by atoms with Crippen molar-refractivity contribution in [2.24, 2.45) is 0 Å². The number of hydrogen-bond acceptors (Lipinski definition) is 14. The summed E-state index contributed by atoms with van der Waals surface area (Å²) in [6, 6.07) is 21.0. The predicted molar refractivity (Wildman–Crippen MR) is 238 cm³/mol. The Morgan fingerprint density at radius 3 is 1.20 bits per heavy atom. The van der Waals surface area contributed by atoms with E-state index >= 15 is 0 Å². The van der Waals surface area contributed by atoms with Crippen molar-refractivity contribution in [1.82, 2.24) is 9.97 Å². The third-order valence-corrected chi connectivity index (χ3v) is 10.1. The lowest BCUT2D eigenvalue weighted by molar-refractivity contribution is -0.288. The van der Waals surface area contributed by atoms with Crippen LogP contribution in [-0.4, -0.2) is 86.1 Å². The minimum absolute atomic E-state index is 0.152. The molecule has 0 saturated carbocycles. The van der Waals surface area contributed by atoms with Crippen molar-refractivity contribution in [2.45, 2.75) is 89.6 Å². The maximum Gasteiger partial charge on any atom is 0.340 e. The van der Waals surface area contributed by atoms with Crippen LogP contribution < -0.4 is 9.47 Å². The van der Waals surface area contributed by atoms with Crippen molar-refractivity contribution in [2.75, 3.05) is 39.6 Å². The summed E-state index contributed by atoms with van der Waals surface area (Å²) in [5.74, 6) is -0.748. The molecule has 0 aliphatic carbocycles. The smallest absolute Gasteiger partial charge is 0.340 e. The lowest BCUT2D eigenvalue weighted by Gasteiger charge is -2.30. The molecule has 0 spiro atoms. The van der Waals surface area contributed by atoms with Crippen LogP contribution in [0.4, 0.5) is 0 Å². The quantitative estimate of drug-likeness (QED) is 0.0229. The number of ether oxygens (including phenoxy) is 8. The van der Waals surface area contributed by atoms with Gasteiger partial charge in [0.1, 0.15) is 11.5 Å². The molecule has 0 radical (unpaired) electrons. The first kappa shape index (κ1) is 48.6. The van der Waals surface area contributed by atoms with Crippen LogP contribution >= 0.6 is 0 Å². The molecule has 64 heavy (non-hydrogen) atoms. The van der Waals surface area contributed by atoms with E-state index in [4.69, 9.17) is 37.9 Å². The number of hydrogen-bond donors (Lipinski definition) is 0. The third-order valence-electron chi connectivity index (χ3n) is 10.1. The first-order valence-electron chi connectivity index (χ1n) is 21.9. The Morgan fingerprint density at radius 1 is 0.500 bits per heavy atom. The maximum absolute atomic E-state index is 13.1. The summed E-state index contributed by atoms with van der Waals surface area (Å²) in [6.07, 6.45) is 15.2. The van der Waals surface area contributed by atoms with E-state index < -0.39 is 24.5 Å². The lowest BCUT2D eigenvalue weighted by atomic mass is 10.1. The second-order valence-electron chi connectivity index (χ2n) is 14.9. The highest BCUT2D eigenvalue weighted by molar-refractivity contribution is 5.91. The largest absolute Gasteiger partial charge is 0.492 e. The summed E-state index contributed by atoms with van der Waals surface area (Å²) in [7, 11) is 0. The maximum atomic E-state index is 13.1. The van der Waals surface area contributed by atoms with Crippen LogP contribution in [0.25, 0.3) is 22.5 Å². The highest BCUT2D eigenvalue weighted by Crippen LogP contribution is 2.24. The number of esters is 4. The fourth-order valence-electron chi connectivity index (χ4n) is 6.50. The van der Waals surface area contributed by atoms with Crippen LogP contribution in [0.2, 0.25) is 0 Å². The van der Waals surface area contributed by atoms with Crippen LogP contribution in [-0.2, 0) is 38.0 Å². The van der Waals surface area contributed by atoms with Gasteiger partial charge in [-0.15, -0.1) is 0 Å². The van der Waals surface area contributed by atoms with Gasteiger partial charge in [0.2, 0.25) is 0 Å². The molecule has 14 heteroatoms. The molecule has 1 saturated heterocycles. The molecular formula is C50H58N2O12. The standard InChI is InChI=1S/C50H58N2O12/c1-3-45(53)59-31-15-11-7-5-9-13-29-57-41-25-27-43(51-35-41)37-17-21-39(22-18-37)47(55)63-49-50(62-34-33-61-49)64-48(56)40-23-19-38(20-24-40)44-28-26-42(36-52-44)58-30-14-10-6-8-12-16-32-60-46(54)4-2/h3-4,17-28,35-36,49-50H,1-2,5-16,29-34H2/t49-,50-/m0/s1. The average Bonchev–Trinajstić information content (AvgIpc) is 3.33. The molecule has 1 fully saturated rings. The number of pyridine rings is 2. The Morgan fingerprint density at radius 2 is 0.859 bits per heavy atom. The van der Waals surface area contributed by atoms with Crippen LogP contribution in [0.5, 0.6) is 11.5 Å². The van der Waals surface area contributed by atoms with Crippen molar-refractivity contribution in [3.05, 3.63) is 122 Å². The van der Waals surface area contributed by atoms with Gasteiger partial charge in [-0.05, 0) is 74.2 Å². The molecule has 3 heterocycles. The van der Waals surface area contributed by atoms with E-state index in [-0.39, 0.29) is 36.3 Å². The minimum Gasteiger partial charge on any atom is -0.492 e. The van der Waals surface area contributed by atoms with E-state index in [1.807, 2.05) is 24.3 Å². The normalized spacial score (nSPS) is 14.4. The highest BCUT2D eigenvalue weighted by atomic mass is 16.8. The molecule has 0 bridgehead atoms. The summed E-state index contributed by atoms with van der Waals surface area (Å²) in [6.45, 7) is 9.12. The molecule has 5 rings (SSSR count). The van der Waals surface area contributed by atoms with Gasteiger partial charge in [0.25, 0.3) is 12.6 Å². The van der Waals surface area contributed by atoms with Gasteiger partial charge in [-0.25, -0.2) is 19.2 Å². The van der Waals surface area contributed by atoms with E-state index in [9.17, 15) is 19.2 Å². The summed E-state index contributed by atoms with van der Waals surface area (Å²) in [5.41, 5.74) is 3.56. The molecule has 1 aliphatic rings. The molecule has 340 valence electrons. The Hall–Kier alpha value is -6.38. The topological polar surface area (TPSA) is 168 Å². The molecule has 2 atom stereocenters. The fourth-order valence-corrected chi connectivity index (χ4v) is 6.50. The van der Waals surface area contributed by atoms with Crippen LogP contribution in [0.1, 0.15) is 97.8 Å². The van der Waals surface area contributed by atoms with E-state index in [1.165, 1.54) is 12.2 Å². The average molecular weight is 879 g/mol. The van der Waals surface area contributed by atoms with Gasteiger partial charge in [-0.2, -0.15) is 0 Å². The molecule has 0 N–H and O–H groups in total. The first-order chi connectivity index (χ1) is 31.3. The Kier molecular flexibility index (Phi) is 21.0.